The number of thiophene rings is 2. The zero-order valence-electron chi connectivity index (χ0n) is 11.0. The van der Waals surface area contributed by atoms with Crippen LogP contribution in [0.4, 0.5) is 0 Å². The van der Waals surface area contributed by atoms with Gasteiger partial charge in [-0.1, -0.05) is 28.1 Å². The second-order valence-electron chi connectivity index (χ2n) is 4.55. The van der Waals surface area contributed by atoms with Gasteiger partial charge in [-0.2, -0.15) is 0 Å². The zero-order valence-corrected chi connectivity index (χ0v) is 17.8. The third-order valence-electron chi connectivity index (χ3n) is 3.17. The molecule has 0 bridgehead atoms. The Balaban J connectivity index is 2.20. The molecule has 3 aromatic rings. The van der Waals surface area contributed by atoms with Crippen molar-refractivity contribution in [2.24, 2.45) is 0 Å². The van der Waals surface area contributed by atoms with E-state index in [1.54, 1.807) is 22.7 Å². The molecule has 21 heavy (non-hydrogen) atoms. The molecule has 0 aliphatic rings. The standard InChI is InChI=1S/C15H8Br2S2Si2/c1-7-14(11-3-5-13(21)19-11)9(16)6-8(15(7)17)10-2-4-12(20)18-10/h2-6H,1H3. The Morgan fingerprint density at radius 3 is 2.00 bits per heavy atom. The lowest BCUT2D eigenvalue weighted by Crippen LogP contribution is -1.91. The fourth-order valence-electron chi connectivity index (χ4n) is 2.19. The Hall–Kier alpha value is 0.0138. The molecule has 0 saturated heterocycles. The summed E-state index contributed by atoms with van der Waals surface area (Å²) in [5, 5.41) is 0. The molecule has 0 atom stereocenters. The first kappa shape index (κ1) is 15.9. The van der Waals surface area contributed by atoms with Crippen LogP contribution in [0.5, 0.6) is 0 Å². The van der Waals surface area contributed by atoms with Gasteiger partial charge in [-0.15, -0.1) is 22.7 Å². The highest BCUT2D eigenvalue weighted by atomic mass is 79.9. The molecule has 0 fully saturated rings. The minimum absolute atomic E-state index is 1.12. The number of benzene rings is 1. The number of halogens is 2. The van der Waals surface area contributed by atoms with Crippen LogP contribution in [0.1, 0.15) is 5.56 Å². The van der Waals surface area contributed by atoms with Crippen LogP contribution < -0.4 is 9.00 Å². The van der Waals surface area contributed by atoms with E-state index in [0.29, 0.717) is 0 Å². The first-order valence-corrected chi connectivity index (χ1v) is 10.3. The SMILES string of the molecule is Cc1c(Br)c(-c2ccc([Si])s2)cc(Br)c1-c1ccc([Si])s1. The third-order valence-corrected chi connectivity index (χ3v) is 7.62. The average molecular weight is 468 g/mol. The van der Waals surface area contributed by atoms with Crippen molar-refractivity contribution in [1.29, 1.82) is 0 Å². The van der Waals surface area contributed by atoms with Gasteiger partial charge < -0.3 is 0 Å². The van der Waals surface area contributed by atoms with Crippen LogP contribution in [0.15, 0.2) is 39.3 Å². The average Bonchev–Trinajstić information content (AvgIpc) is 3.03. The van der Waals surface area contributed by atoms with Gasteiger partial charge in [0, 0.05) is 29.8 Å². The minimum Gasteiger partial charge on any atom is -0.146 e. The van der Waals surface area contributed by atoms with Crippen molar-refractivity contribution in [1.82, 2.24) is 0 Å². The van der Waals surface area contributed by atoms with E-state index in [-0.39, 0.29) is 0 Å². The van der Waals surface area contributed by atoms with Crippen molar-refractivity contribution < 1.29 is 0 Å². The second-order valence-corrected chi connectivity index (χ2v) is 10.2. The van der Waals surface area contributed by atoms with E-state index in [4.69, 9.17) is 0 Å². The lowest BCUT2D eigenvalue weighted by Gasteiger charge is -2.13. The largest absolute Gasteiger partial charge is 0.146 e. The minimum atomic E-state index is 1.12. The molecule has 6 heteroatoms. The molecule has 3 rings (SSSR count). The Morgan fingerprint density at radius 2 is 1.48 bits per heavy atom. The monoisotopic (exact) mass is 466 g/mol. The number of rotatable bonds is 2. The molecule has 0 unspecified atom stereocenters. The summed E-state index contributed by atoms with van der Waals surface area (Å²) in [4.78, 5) is 2.50. The number of hydrogen-bond donors (Lipinski definition) is 0. The van der Waals surface area contributed by atoms with Crippen molar-refractivity contribution in [2.75, 3.05) is 0 Å². The maximum atomic E-state index is 3.78. The predicted molar refractivity (Wildman–Crippen MR) is 104 cm³/mol. The van der Waals surface area contributed by atoms with E-state index >= 15 is 0 Å². The third kappa shape index (κ3) is 3.07. The molecule has 1 aromatic carbocycles. The van der Waals surface area contributed by atoms with E-state index in [1.807, 2.05) is 0 Å². The molecule has 0 N–H and O–H groups in total. The first-order valence-electron chi connectivity index (χ1n) is 6.09. The van der Waals surface area contributed by atoms with Crippen LogP contribution in [0.2, 0.25) is 0 Å². The highest BCUT2D eigenvalue weighted by molar-refractivity contribution is 9.11. The molecule has 2 aromatic heterocycles. The molecule has 0 amide bonds. The summed E-state index contributed by atoms with van der Waals surface area (Å²) in [6, 6.07) is 10.6. The van der Waals surface area contributed by atoms with Gasteiger partial charge in [0.15, 0.2) is 0 Å². The summed E-state index contributed by atoms with van der Waals surface area (Å²) in [6.07, 6.45) is 0. The molecule has 6 radical (unpaired) electrons. The molecule has 0 aliphatic heterocycles. The zero-order chi connectivity index (χ0) is 15.1. The first-order chi connectivity index (χ1) is 9.97. The van der Waals surface area contributed by atoms with Crippen molar-refractivity contribution in [3.8, 4) is 20.9 Å². The lowest BCUT2D eigenvalue weighted by atomic mass is 10.0. The van der Waals surface area contributed by atoms with Crippen LogP contribution in [-0.2, 0) is 0 Å². The topological polar surface area (TPSA) is 0 Å². The highest BCUT2D eigenvalue weighted by Gasteiger charge is 2.16. The number of hydrogen-bond acceptors (Lipinski definition) is 2. The van der Waals surface area contributed by atoms with E-state index in [9.17, 15) is 0 Å². The predicted octanol–water partition coefficient (Wildman–Crippen LogP) is 4.56. The molecule has 102 valence electrons. The van der Waals surface area contributed by atoms with E-state index in [1.165, 1.54) is 26.4 Å². The Kier molecular flexibility index (Phi) is 4.73. The Morgan fingerprint density at radius 1 is 0.905 bits per heavy atom. The fraction of sp³-hybridized carbons (Fsp3) is 0.0667. The van der Waals surface area contributed by atoms with E-state index in [2.05, 4.69) is 89.6 Å². The van der Waals surface area contributed by atoms with Crippen molar-refractivity contribution in [3.05, 3.63) is 44.8 Å². The molecule has 0 nitrogen and oxygen atoms in total. The summed E-state index contributed by atoms with van der Waals surface area (Å²) in [5.41, 5.74) is 3.71. The molecule has 2 heterocycles. The lowest BCUT2D eigenvalue weighted by molar-refractivity contribution is 1.42. The van der Waals surface area contributed by atoms with E-state index < -0.39 is 0 Å². The fourth-order valence-corrected chi connectivity index (χ4v) is 6.20. The second kappa shape index (κ2) is 6.25. The van der Waals surface area contributed by atoms with Crippen molar-refractivity contribution in [2.45, 2.75) is 6.92 Å². The summed E-state index contributed by atoms with van der Waals surface area (Å²) in [5.74, 6) is 0. The molecular weight excluding hydrogens is 460 g/mol. The van der Waals surface area contributed by atoms with Gasteiger partial charge in [-0.25, -0.2) is 0 Å². The highest BCUT2D eigenvalue weighted by Crippen LogP contribution is 2.43. The summed E-state index contributed by atoms with van der Waals surface area (Å²) < 4.78 is 4.55. The van der Waals surface area contributed by atoms with Crippen LogP contribution in [0, 0.1) is 6.92 Å². The molecular formula is C15H8Br2S2Si2. The maximum Gasteiger partial charge on any atom is 0.0864 e. The van der Waals surface area contributed by atoms with Crippen molar-refractivity contribution >= 4 is 84.0 Å². The quantitative estimate of drug-likeness (QED) is 0.484. The van der Waals surface area contributed by atoms with Gasteiger partial charge >= 0.3 is 0 Å². The van der Waals surface area contributed by atoms with E-state index in [0.717, 1.165) is 17.9 Å². The van der Waals surface area contributed by atoms with Gasteiger partial charge in [0.2, 0.25) is 0 Å². The van der Waals surface area contributed by atoms with Crippen LogP contribution >= 0.6 is 54.5 Å². The van der Waals surface area contributed by atoms with Gasteiger partial charge in [0.25, 0.3) is 0 Å². The van der Waals surface area contributed by atoms with Crippen LogP contribution in [0.25, 0.3) is 20.9 Å². The maximum absolute atomic E-state index is 3.78. The van der Waals surface area contributed by atoms with Gasteiger partial charge in [-0.05, 0) is 55.6 Å². The normalized spacial score (nSPS) is 11.1. The smallest absolute Gasteiger partial charge is 0.0864 e. The van der Waals surface area contributed by atoms with Crippen molar-refractivity contribution in [3.63, 3.8) is 0 Å². The molecule has 0 saturated carbocycles. The van der Waals surface area contributed by atoms with Crippen LogP contribution in [-0.4, -0.2) is 20.5 Å². The van der Waals surface area contributed by atoms with Crippen LogP contribution in [0.3, 0.4) is 0 Å². The Labute approximate surface area is 155 Å². The summed E-state index contributed by atoms with van der Waals surface area (Å²) in [7, 11) is 7.17. The Bertz CT molecular complexity index is 821. The van der Waals surface area contributed by atoms with Gasteiger partial charge in [-0.3, -0.25) is 0 Å². The summed E-state index contributed by atoms with van der Waals surface area (Å²) >= 11 is 11.0. The van der Waals surface area contributed by atoms with Gasteiger partial charge in [0.1, 0.15) is 0 Å². The molecule has 0 aliphatic carbocycles. The molecule has 0 spiro atoms. The summed E-state index contributed by atoms with van der Waals surface area (Å²) in [6.45, 7) is 2.16. The van der Waals surface area contributed by atoms with Gasteiger partial charge in [0.05, 0.1) is 20.5 Å².